The lowest BCUT2D eigenvalue weighted by atomic mass is 10.1. The molecular formula is C9H17NO4S. The molecule has 0 saturated heterocycles. The van der Waals surface area contributed by atoms with Gasteiger partial charge < -0.3 is 5.11 Å². The highest BCUT2D eigenvalue weighted by Crippen LogP contribution is 2.04. The lowest BCUT2D eigenvalue weighted by molar-refractivity contribution is -0.140. The second-order valence-corrected chi connectivity index (χ2v) is 5.45. The Hall–Kier alpha value is -0.880. The molecule has 0 aromatic rings. The van der Waals surface area contributed by atoms with Crippen LogP contribution in [0.4, 0.5) is 0 Å². The molecular weight excluding hydrogens is 218 g/mol. The third-order valence-electron chi connectivity index (χ3n) is 1.83. The Balaban J connectivity index is 4.53. The van der Waals surface area contributed by atoms with Crippen LogP contribution in [0.1, 0.15) is 20.3 Å². The number of hydrogen-bond acceptors (Lipinski definition) is 3. The molecule has 88 valence electrons. The fraction of sp³-hybridized carbons (Fsp3) is 0.667. The van der Waals surface area contributed by atoms with Gasteiger partial charge in [0.2, 0.25) is 10.0 Å². The van der Waals surface area contributed by atoms with Crippen molar-refractivity contribution in [2.75, 3.05) is 5.75 Å². The van der Waals surface area contributed by atoms with Gasteiger partial charge in [-0.25, -0.2) is 13.1 Å². The number of aliphatic carboxylic acids is 1. The molecule has 5 nitrogen and oxygen atoms in total. The number of carboxylic acid groups (broad SMARTS) is 1. The van der Waals surface area contributed by atoms with E-state index in [-0.39, 0.29) is 11.7 Å². The van der Waals surface area contributed by atoms with E-state index in [1.54, 1.807) is 13.8 Å². The molecule has 0 aromatic carbocycles. The fourth-order valence-electron chi connectivity index (χ4n) is 0.963. The van der Waals surface area contributed by atoms with Crippen LogP contribution >= 0.6 is 0 Å². The maximum absolute atomic E-state index is 11.4. The molecule has 0 saturated carbocycles. The minimum Gasteiger partial charge on any atom is -0.480 e. The number of allylic oxidation sites excluding steroid dienone is 1. The van der Waals surface area contributed by atoms with E-state index in [1.165, 1.54) is 6.08 Å². The summed E-state index contributed by atoms with van der Waals surface area (Å²) in [6.07, 6.45) is 1.78. The van der Waals surface area contributed by atoms with Crippen molar-refractivity contribution in [3.63, 3.8) is 0 Å². The lowest BCUT2D eigenvalue weighted by Crippen LogP contribution is -2.45. The summed E-state index contributed by atoms with van der Waals surface area (Å²) in [6, 6.07) is -1.07. The van der Waals surface area contributed by atoms with E-state index in [0.29, 0.717) is 6.42 Å². The van der Waals surface area contributed by atoms with Gasteiger partial charge in [0.05, 0.1) is 5.75 Å². The Labute approximate surface area is 90.2 Å². The first-order valence-corrected chi connectivity index (χ1v) is 6.29. The third kappa shape index (κ3) is 5.54. The van der Waals surface area contributed by atoms with Crippen molar-refractivity contribution >= 4 is 16.0 Å². The van der Waals surface area contributed by atoms with Gasteiger partial charge in [-0.2, -0.15) is 0 Å². The molecule has 0 aliphatic heterocycles. The van der Waals surface area contributed by atoms with Crippen LogP contribution in [0.5, 0.6) is 0 Å². The van der Waals surface area contributed by atoms with Crippen LogP contribution in [0.25, 0.3) is 0 Å². The molecule has 0 aromatic heterocycles. The summed E-state index contributed by atoms with van der Waals surface area (Å²) in [5.41, 5.74) is 0. The van der Waals surface area contributed by atoms with Crippen LogP contribution in [-0.4, -0.2) is 31.3 Å². The van der Waals surface area contributed by atoms with E-state index in [1.807, 2.05) is 0 Å². The van der Waals surface area contributed by atoms with Gasteiger partial charge in [-0.3, -0.25) is 4.79 Å². The summed E-state index contributed by atoms with van der Waals surface area (Å²) in [4.78, 5) is 10.7. The van der Waals surface area contributed by atoms with E-state index in [4.69, 9.17) is 5.11 Å². The first-order valence-electron chi connectivity index (χ1n) is 4.64. The topological polar surface area (TPSA) is 83.5 Å². The molecule has 0 radical (unpaired) electrons. The SMILES string of the molecule is C=CCCS(=O)(=O)N[C@@H](C(=O)O)C(C)C. The zero-order valence-electron chi connectivity index (χ0n) is 8.93. The zero-order valence-corrected chi connectivity index (χ0v) is 9.75. The molecule has 0 unspecified atom stereocenters. The molecule has 0 bridgehead atoms. The van der Waals surface area contributed by atoms with Gasteiger partial charge in [-0.1, -0.05) is 19.9 Å². The summed E-state index contributed by atoms with van der Waals surface area (Å²) in [7, 11) is -3.54. The summed E-state index contributed by atoms with van der Waals surface area (Å²) >= 11 is 0. The van der Waals surface area contributed by atoms with E-state index in [9.17, 15) is 13.2 Å². The summed E-state index contributed by atoms with van der Waals surface area (Å²) in [5.74, 6) is -1.58. The normalized spacial score (nSPS) is 13.8. The molecule has 0 spiro atoms. The summed E-state index contributed by atoms with van der Waals surface area (Å²) < 4.78 is 24.9. The maximum atomic E-state index is 11.4. The van der Waals surface area contributed by atoms with Crippen molar-refractivity contribution in [1.29, 1.82) is 0 Å². The van der Waals surface area contributed by atoms with Gasteiger partial charge in [-0.05, 0) is 12.3 Å². The number of nitrogens with one attached hydrogen (secondary N) is 1. The van der Waals surface area contributed by atoms with Gasteiger partial charge in [0, 0.05) is 0 Å². The standard InChI is InChI=1S/C9H17NO4S/c1-4-5-6-15(13,14)10-8(7(2)3)9(11)12/h4,7-8,10H,1,5-6H2,2-3H3,(H,11,12)/t8-/m1/s1. The van der Waals surface area contributed by atoms with Gasteiger partial charge >= 0.3 is 5.97 Å². The Morgan fingerprint density at radius 1 is 1.53 bits per heavy atom. The van der Waals surface area contributed by atoms with Crippen molar-refractivity contribution in [1.82, 2.24) is 4.72 Å². The third-order valence-corrected chi connectivity index (χ3v) is 3.22. The van der Waals surface area contributed by atoms with Crippen molar-refractivity contribution < 1.29 is 18.3 Å². The highest BCUT2D eigenvalue weighted by Gasteiger charge is 2.26. The van der Waals surface area contributed by atoms with Crippen molar-refractivity contribution in [3.05, 3.63) is 12.7 Å². The summed E-state index contributed by atoms with van der Waals surface area (Å²) in [5, 5.41) is 8.79. The molecule has 0 aliphatic rings. The fourth-order valence-corrected chi connectivity index (χ4v) is 2.32. The molecule has 15 heavy (non-hydrogen) atoms. The highest BCUT2D eigenvalue weighted by molar-refractivity contribution is 7.89. The minimum atomic E-state index is -3.54. The molecule has 0 rings (SSSR count). The van der Waals surface area contributed by atoms with E-state index >= 15 is 0 Å². The highest BCUT2D eigenvalue weighted by atomic mass is 32.2. The molecule has 6 heteroatoms. The van der Waals surface area contributed by atoms with Crippen LogP contribution in [0.3, 0.4) is 0 Å². The zero-order chi connectivity index (χ0) is 12.1. The second-order valence-electron chi connectivity index (χ2n) is 3.57. The van der Waals surface area contributed by atoms with Crippen LogP contribution in [0.2, 0.25) is 0 Å². The van der Waals surface area contributed by atoms with E-state index in [2.05, 4.69) is 11.3 Å². The minimum absolute atomic E-state index is 0.132. The smallest absolute Gasteiger partial charge is 0.321 e. The van der Waals surface area contributed by atoms with Gasteiger partial charge in [0.15, 0.2) is 0 Å². The number of carbonyl (C=O) groups is 1. The van der Waals surface area contributed by atoms with Gasteiger partial charge in [0.25, 0.3) is 0 Å². The maximum Gasteiger partial charge on any atom is 0.321 e. The molecule has 0 heterocycles. The Kier molecular flexibility index (Phi) is 5.53. The van der Waals surface area contributed by atoms with Crippen molar-refractivity contribution in [3.8, 4) is 0 Å². The average Bonchev–Trinajstić information content (AvgIpc) is 2.10. The molecule has 2 N–H and O–H groups in total. The molecule has 1 atom stereocenters. The number of sulfonamides is 1. The predicted molar refractivity (Wildman–Crippen MR) is 58.0 cm³/mol. The van der Waals surface area contributed by atoms with Crippen LogP contribution in [0, 0.1) is 5.92 Å². The first kappa shape index (κ1) is 14.1. The lowest BCUT2D eigenvalue weighted by Gasteiger charge is -2.17. The summed E-state index contributed by atoms with van der Waals surface area (Å²) in [6.45, 7) is 6.70. The number of hydrogen-bond donors (Lipinski definition) is 2. The van der Waals surface area contributed by atoms with E-state index < -0.39 is 22.0 Å². The van der Waals surface area contributed by atoms with E-state index in [0.717, 1.165) is 0 Å². The average molecular weight is 235 g/mol. The first-order chi connectivity index (χ1) is 6.80. The van der Waals surface area contributed by atoms with Crippen molar-refractivity contribution in [2.24, 2.45) is 5.92 Å². The molecule has 0 aliphatic carbocycles. The number of rotatable bonds is 7. The van der Waals surface area contributed by atoms with Crippen LogP contribution in [-0.2, 0) is 14.8 Å². The Morgan fingerprint density at radius 3 is 2.40 bits per heavy atom. The van der Waals surface area contributed by atoms with Gasteiger partial charge in [0.1, 0.15) is 6.04 Å². The Morgan fingerprint density at radius 2 is 2.07 bits per heavy atom. The quantitative estimate of drug-likeness (QED) is 0.633. The molecule has 0 amide bonds. The molecule has 0 fully saturated rings. The monoisotopic (exact) mass is 235 g/mol. The van der Waals surface area contributed by atoms with Crippen LogP contribution < -0.4 is 4.72 Å². The largest absolute Gasteiger partial charge is 0.480 e. The Bertz CT molecular complexity index is 321. The second kappa shape index (κ2) is 5.87. The predicted octanol–water partition coefficient (Wildman–Crippen LogP) is 0.591. The van der Waals surface area contributed by atoms with Crippen molar-refractivity contribution in [2.45, 2.75) is 26.3 Å². The van der Waals surface area contributed by atoms with Gasteiger partial charge in [-0.15, -0.1) is 6.58 Å². The number of carboxylic acids is 1. The van der Waals surface area contributed by atoms with Crippen LogP contribution in [0.15, 0.2) is 12.7 Å².